The van der Waals surface area contributed by atoms with Crippen LogP contribution in [-0.2, 0) is 16.1 Å². The summed E-state index contributed by atoms with van der Waals surface area (Å²) in [5, 5.41) is 16.6. The molecule has 0 radical (unpaired) electrons. The Kier molecular flexibility index (Phi) is 4.13. The van der Waals surface area contributed by atoms with Gasteiger partial charge in [-0.2, -0.15) is 0 Å². The van der Waals surface area contributed by atoms with Crippen molar-refractivity contribution in [1.29, 1.82) is 0 Å². The van der Waals surface area contributed by atoms with Gasteiger partial charge in [0.1, 0.15) is 12.6 Å². The van der Waals surface area contributed by atoms with Crippen LogP contribution < -0.4 is 0 Å². The molecule has 1 fully saturated rings. The van der Waals surface area contributed by atoms with Crippen molar-refractivity contribution in [2.24, 2.45) is 5.92 Å². The van der Waals surface area contributed by atoms with Gasteiger partial charge in [0.05, 0.1) is 6.20 Å². The molecule has 0 saturated carbocycles. The number of carboxylic acids is 1. The summed E-state index contributed by atoms with van der Waals surface area (Å²) in [5.41, 5.74) is 0. The zero-order chi connectivity index (χ0) is 13.8. The predicted octanol–water partition coefficient (Wildman–Crippen LogP) is 0.380. The molecule has 1 amide bonds. The molecule has 0 aromatic carbocycles. The van der Waals surface area contributed by atoms with E-state index in [9.17, 15) is 14.7 Å². The number of carbonyl (C=O) groups is 2. The fourth-order valence-corrected chi connectivity index (χ4v) is 2.49. The molecule has 7 nitrogen and oxygen atoms in total. The van der Waals surface area contributed by atoms with Crippen LogP contribution >= 0.6 is 0 Å². The quantitative estimate of drug-likeness (QED) is 0.851. The molecule has 0 aliphatic carbocycles. The van der Waals surface area contributed by atoms with Gasteiger partial charge in [-0.05, 0) is 18.8 Å². The number of rotatable bonds is 4. The SMILES string of the molecule is CCC1CCN(C(=O)Cn2ccnn2)C(C(=O)O)C1. The standard InChI is InChI=1S/C12H18N4O3/c1-2-9-3-5-16(10(7-9)12(18)19)11(17)8-15-6-4-13-14-15/h4,6,9-10H,2-3,5,7-8H2,1H3,(H,18,19). The molecule has 2 atom stereocenters. The predicted molar refractivity (Wildman–Crippen MR) is 66.2 cm³/mol. The van der Waals surface area contributed by atoms with Gasteiger partial charge < -0.3 is 10.0 Å². The third kappa shape index (κ3) is 3.10. The Morgan fingerprint density at radius 1 is 1.47 bits per heavy atom. The van der Waals surface area contributed by atoms with Crippen molar-refractivity contribution in [2.45, 2.75) is 38.8 Å². The van der Waals surface area contributed by atoms with Crippen LogP contribution in [0.25, 0.3) is 0 Å². The van der Waals surface area contributed by atoms with Gasteiger partial charge in [-0.1, -0.05) is 18.6 Å². The number of hydrogen-bond donors (Lipinski definition) is 1. The molecule has 1 aromatic heterocycles. The number of likely N-dealkylation sites (tertiary alicyclic amines) is 1. The van der Waals surface area contributed by atoms with Crippen LogP contribution in [0.1, 0.15) is 26.2 Å². The first kappa shape index (κ1) is 13.5. The Balaban J connectivity index is 2.04. The van der Waals surface area contributed by atoms with E-state index in [-0.39, 0.29) is 12.5 Å². The molecule has 7 heteroatoms. The third-order valence-corrected chi connectivity index (χ3v) is 3.66. The van der Waals surface area contributed by atoms with E-state index in [1.54, 1.807) is 6.20 Å². The molecule has 2 heterocycles. The molecule has 2 unspecified atom stereocenters. The van der Waals surface area contributed by atoms with E-state index in [0.29, 0.717) is 18.9 Å². The zero-order valence-corrected chi connectivity index (χ0v) is 10.9. The first-order valence-corrected chi connectivity index (χ1v) is 6.48. The van der Waals surface area contributed by atoms with E-state index in [1.807, 2.05) is 0 Å². The number of carbonyl (C=O) groups excluding carboxylic acids is 1. The van der Waals surface area contributed by atoms with Crippen LogP contribution in [0.2, 0.25) is 0 Å². The van der Waals surface area contributed by atoms with Crippen LogP contribution in [0.4, 0.5) is 0 Å². The number of aliphatic carboxylic acids is 1. The first-order valence-electron chi connectivity index (χ1n) is 6.48. The molecule has 104 valence electrons. The van der Waals surface area contributed by atoms with Crippen LogP contribution in [0, 0.1) is 5.92 Å². The highest BCUT2D eigenvalue weighted by molar-refractivity contribution is 5.83. The third-order valence-electron chi connectivity index (χ3n) is 3.66. The average molecular weight is 266 g/mol. The van der Waals surface area contributed by atoms with Gasteiger partial charge in [-0.15, -0.1) is 5.10 Å². The van der Waals surface area contributed by atoms with Crippen LogP contribution in [-0.4, -0.2) is 49.5 Å². The maximum atomic E-state index is 12.1. The lowest BCUT2D eigenvalue weighted by molar-refractivity contribution is -0.153. The highest BCUT2D eigenvalue weighted by Crippen LogP contribution is 2.25. The number of aromatic nitrogens is 3. The summed E-state index contributed by atoms with van der Waals surface area (Å²) in [6.07, 6.45) is 5.44. The largest absolute Gasteiger partial charge is 0.480 e. The normalized spacial score (nSPS) is 23.3. The summed E-state index contributed by atoms with van der Waals surface area (Å²) in [4.78, 5) is 24.9. The summed E-state index contributed by atoms with van der Waals surface area (Å²) >= 11 is 0. The highest BCUT2D eigenvalue weighted by Gasteiger charge is 2.35. The molecular formula is C12H18N4O3. The fraction of sp³-hybridized carbons (Fsp3) is 0.667. The van der Waals surface area contributed by atoms with Crippen molar-refractivity contribution in [1.82, 2.24) is 19.9 Å². The summed E-state index contributed by atoms with van der Waals surface area (Å²) in [7, 11) is 0. The van der Waals surface area contributed by atoms with E-state index >= 15 is 0 Å². The van der Waals surface area contributed by atoms with Crippen molar-refractivity contribution >= 4 is 11.9 Å². The number of amides is 1. The molecule has 0 spiro atoms. The minimum Gasteiger partial charge on any atom is -0.480 e. The van der Waals surface area contributed by atoms with Crippen LogP contribution in [0.3, 0.4) is 0 Å². The Morgan fingerprint density at radius 2 is 2.26 bits per heavy atom. The Bertz CT molecular complexity index is 446. The molecule has 1 aliphatic heterocycles. The van der Waals surface area contributed by atoms with Crippen molar-refractivity contribution in [3.05, 3.63) is 12.4 Å². The lowest BCUT2D eigenvalue weighted by Crippen LogP contribution is -2.51. The van der Waals surface area contributed by atoms with Gasteiger partial charge >= 0.3 is 5.97 Å². The van der Waals surface area contributed by atoms with Crippen LogP contribution in [0.5, 0.6) is 0 Å². The number of piperidine rings is 1. The molecule has 19 heavy (non-hydrogen) atoms. The molecular weight excluding hydrogens is 248 g/mol. The fourth-order valence-electron chi connectivity index (χ4n) is 2.49. The van der Waals surface area contributed by atoms with Gasteiger partial charge in [0, 0.05) is 12.7 Å². The lowest BCUT2D eigenvalue weighted by Gasteiger charge is -2.36. The van der Waals surface area contributed by atoms with Crippen molar-refractivity contribution in [3.63, 3.8) is 0 Å². The monoisotopic (exact) mass is 266 g/mol. The van der Waals surface area contributed by atoms with Crippen molar-refractivity contribution in [3.8, 4) is 0 Å². The van der Waals surface area contributed by atoms with Gasteiger partial charge in [0.25, 0.3) is 0 Å². The summed E-state index contributed by atoms with van der Waals surface area (Å²) in [6, 6.07) is -0.713. The summed E-state index contributed by atoms with van der Waals surface area (Å²) in [6.45, 7) is 2.60. The first-order chi connectivity index (χ1) is 9.11. The smallest absolute Gasteiger partial charge is 0.326 e. The van der Waals surface area contributed by atoms with Gasteiger partial charge in [0.15, 0.2) is 0 Å². The Labute approximate surface area is 111 Å². The van der Waals surface area contributed by atoms with E-state index in [1.165, 1.54) is 15.8 Å². The van der Waals surface area contributed by atoms with Gasteiger partial charge in [0.2, 0.25) is 5.91 Å². The molecule has 0 bridgehead atoms. The maximum Gasteiger partial charge on any atom is 0.326 e. The zero-order valence-electron chi connectivity index (χ0n) is 10.9. The van der Waals surface area contributed by atoms with Gasteiger partial charge in [-0.25, -0.2) is 9.48 Å². The second-order valence-corrected chi connectivity index (χ2v) is 4.84. The molecule has 1 saturated heterocycles. The summed E-state index contributed by atoms with van der Waals surface area (Å²) in [5.74, 6) is -0.755. The van der Waals surface area contributed by atoms with E-state index in [2.05, 4.69) is 17.2 Å². The maximum absolute atomic E-state index is 12.1. The van der Waals surface area contributed by atoms with E-state index < -0.39 is 12.0 Å². The number of nitrogens with zero attached hydrogens (tertiary/aromatic N) is 4. The summed E-state index contributed by atoms with van der Waals surface area (Å²) < 4.78 is 1.41. The van der Waals surface area contributed by atoms with Crippen molar-refractivity contribution < 1.29 is 14.7 Å². The highest BCUT2D eigenvalue weighted by atomic mass is 16.4. The van der Waals surface area contributed by atoms with E-state index in [4.69, 9.17) is 0 Å². The second-order valence-electron chi connectivity index (χ2n) is 4.84. The van der Waals surface area contributed by atoms with E-state index in [0.717, 1.165) is 12.8 Å². The molecule has 1 aliphatic rings. The average Bonchev–Trinajstić information content (AvgIpc) is 2.90. The second kappa shape index (κ2) is 5.81. The number of carboxylic acid groups (broad SMARTS) is 1. The lowest BCUT2D eigenvalue weighted by atomic mass is 9.89. The van der Waals surface area contributed by atoms with Crippen LogP contribution in [0.15, 0.2) is 12.4 Å². The topological polar surface area (TPSA) is 88.3 Å². The molecule has 2 rings (SSSR count). The molecule has 1 aromatic rings. The molecule has 1 N–H and O–H groups in total. The van der Waals surface area contributed by atoms with Crippen molar-refractivity contribution in [2.75, 3.05) is 6.54 Å². The minimum atomic E-state index is -0.926. The Morgan fingerprint density at radius 3 is 2.84 bits per heavy atom. The Hall–Kier alpha value is -1.92. The number of hydrogen-bond acceptors (Lipinski definition) is 4. The van der Waals surface area contributed by atoms with Gasteiger partial charge in [-0.3, -0.25) is 4.79 Å². The minimum absolute atomic E-state index is 0.0422.